The number of carbonyl (C=O) groups excluding carboxylic acids is 1. The summed E-state index contributed by atoms with van der Waals surface area (Å²) in [5.74, 6) is -0.638. The van der Waals surface area contributed by atoms with E-state index in [1.54, 1.807) is 12.1 Å². The van der Waals surface area contributed by atoms with Crippen molar-refractivity contribution in [2.45, 2.75) is 11.1 Å². The van der Waals surface area contributed by atoms with Gasteiger partial charge in [0, 0.05) is 18.0 Å². The molecule has 0 bridgehead atoms. The molecule has 1 aromatic heterocycles. The lowest BCUT2D eigenvalue weighted by atomic mass is 9.96. The molecule has 0 aliphatic rings. The second kappa shape index (κ2) is 7.20. The number of halogens is 3. The highest BCUT2D eigenvalue weighted by Gasteiger charge is 2.32. The molecule has 0 saturated heterocycles. The van der Waals surface area contributed by atoms with Gasteiger partial charge in [-0.2, -0.15) is 13.2 Å². The Morgan fingerprint density at radius 1 is 0.929 bits per heavy atom. The Bertz CT molecular complexity index is 1120. The highest BCUT2D eigenvalue weighted by molar-refractivity contribution is 7.90. The van der Waals surface area contributed by atoms with E-state index in [2.05, 4.69) is 4.98 Å². The van der Waals surface area contributed by atoms with Crippen LogP contribution < -0.4 is 0 Å². The summed E-state index contributed by atoms with van der Waals surface area (Å²) in [6.07, 6.45) is -2.23. The topological polar surface area (TPSA) is 64.1 Å². The van der Waals surface area contributed by atoms with Gasteiger partial charge in [-0.15, -0.1) is 0 Å². The molecule has 0 radical (unpaired) electrons. The maximum absolute atomic E-state index is 13.3. The SMILES string of the molecule is CS(=O)(=O)c1ccc(-c2cc(C(=O)c3ccccn3)cc(C(F)(F)F)c2)cc1. The van der Waals surface area contributed by atoms with Crippen molar-refractivity contribution < 1.29 is 26.4 Å². The van der Waals surface area contributed by atoms with Crippen LogP contribution in [0.3, 0.4) is 0 Å². The number of benzene rings is 2. The molecule has 0 unspecified atom stereocenters. The quantitative estimate of drug-likeness (QED) is 0.604. The molecule has 3 aromatic rings. The van der Waals surface area contributed by atoms with Gasteiger partial charge in [0.25, 0.3) is 0 Å². The molecule has 0 N–H and O–H groups in total. The molecule has 0 spiro atoms. The van der Waals surface area contributed by atoms with E-state index >= 15 is 0 Å². The molecule has 1 heterocycles. The molecule has 144 valence electrons. The van der Waals surface area contributed by atoms with Crippen LogP contribution in [-0.4, -0.2) is 25.4 Å². The Labute approximate surface area is 159 Å². The first-order chi connectivity index (χ1) is 13.1. The number of ketones is 1. The summed E-state index contributed by atoms with van der Waals surface area (Å²) in [4.78, 5) is 16.5. The van der Waals surface area contributed by atoms with Crippen molar-refractivity contribution in [3.63, 3.8) is 0 Å². The van der Waals surface area contributed by atoms with Crippen LogP contribution in [-0.2, 0) is 16.0 Å². The third-order valence-electron chi connectivity index (χ3n) is 4.04. The third kappa shape index (κ3) is 4.28. The maximum atomic E-state index is 13.3. The van der Waals surface area contributed by atoms with Gasteiger partial charge in [-0.25, -0.2) is 8.42 Å². The van der Waals surface area contributed by atoms with Crippen LogP contribution in [0, 0.1) is 0 Å². The zero-order valence-electron chi connectivity index (χ0n) is 14.6. The van der Waals surface area contributed by atoms with E-state index in [0.717, 1.165) is 18.4 Å². The van der Waals surface area contributed by atoms with Gasteiger partial charge in [-0.1, -0.05) is 18.2 Å². The minimum atomic E-state index is -4.65. The van der Waals surface area contributed by atoms with Gasteiger partial charge in [0.2, 0.25) is 5.78 Å². The summed E-state index contributed by atoms with van der Waals surface area (Å²) in [5, 5.41) is 0. The fraction of sp³-hybridized carbons (Fsp3) is 0.100. The van der Waals surface area contributed by atoms with Crippen molar-refractivity contribution in [3.05, 3.63) is 83.7 Å². The Morgan fingerprint density at radius 3 is 2.14 bits per heavy atom. The zero-order valence-corrected chi connectivity index (χ0v) is 15.4. The predicted octanol–water partition coefficient (Wildman–Crippen LogP) is 4.40. The third-order valence-corrected chi connectivity index (χ3v) is 5.16. The van der Waals surface area contributed by atoms with Gasteiger partial charge in [-0.05, 0) is 53.6 Å². The number of pyridine rings is 1. The molecule has 0 amide bonds. The number of carbonyl (C=O) groups is 1. The number of hydrogen-bond acceptors (Lipinski definition) is 4. The molecule has 28 heavy (non-hydrogen) atoms. The van der Waals surface area contributed by atoms with Crippen molar-refractivity contribution in [1.82, 2.24) is 4.98 Å². The zero-order chi connectivity index (χ0) is 20.5. The fourth-order valence-electron chi connectivity index (χ4n) is 2.63. The normalized spacial score (nSPS) is 12.0. The van der Waals surface area contributed by atoms with Crippen molar-refractivity contribution in [2.24, 2.45) is 0 Å². The Kier molecular flexibility index (Phi) is 5.08. The number of hydrogen-bond donors (Lipinski definition) is 0. The highest BCUT2D eigenvalue weighted by atomic mass is 32.2. The fourth-order valence-corrected chi connectivity index (χ4v) is 3.26. The van der Waals surface area contributed by atoms with Gasteiger partial charge in [-0.3, -0.25) is 9.78 Å². The molecule has 0 saturated carbocycles. The van der Waals surface area contributed by atoms with E-state index < -0.39 is 27.4 Å². The Hall–Kier alpha value is -3.00. The smallest absolute Gasteiger partial charge is 0.287 e. The van der Waals surface area contributed by atoms with Crippen LogP contribution >= 0.6 is 0 Å². The lowest BCUT2D eigenvalue weighted by Crippen LogP contribution is -2.10. The van der Waals surface area contributed by atoms with E-state index in [1.807, 2.05) is 0 Å². The van der Waals surface area contributed by atoms with Crippen molar-refractivity contribution in [2.75, 3.05) is 6.26 Å². The average Bonchev–Trinajstić information content (AvgIpc) is 2.66. The second-order valence-electron chi connectivity index (χ2n) is 6.14. The Morgan fingerprint density at radius 2 is 1.61 bits per heavy atom. The van der Waals surface area contributed by atoms with Gasteiger partial charge < -0.3 is 0 Å². The molecule has 4 nitrogen and oxygen atoms in total. The van der Waals surface area contributed by atoms with E-state index in [4.69, 9.17) is 0 Å². The lowest BCUT2D eigenvalue weighted by Gasteiger charge is -2.12. The first kappa shape index (κ1) is 19.8. The minimum Gasteiger partial charge on any atom is -0.287 e. The van der Waals surface area contributed by atoms with Crippen LogP contribution in [0.4, 0.5) is 13.2 Å². The van der Waals surface area contributed by atoms with Crippen LogP contribution in [0.25, 0.3) is 11.1 Å². The van der Waals surface area contributed by atoms with Crippen molar-refractivity contribution >= 4 is 15.6 Å². The maximum Gasteiger partial charge on any atom is 0.416 e. The molecular formula is C20H14F3NO3S. The number of aromatic nitrogens is 1. The summed E-state index contributed by atoms with van der Waals surface area (Å²) < 4.78 is 63.2. The monoisotopic (exact) mass is 405 g/mol. The number of nitrogens with zero attached hydrogens (tertiary/aromatic N) is 1. The van der Waals surface area contributed by atoms with Gasteiger partial charge in [0.1, 0.15) is 5.69 Å². The number of alkyl halides is 3. The summed E-state index contributed by atoms with van der Waals surface area (Å²) in [5.41, 5.74) is -0.602. The van der Waals surface area contributed by atoms with Gasteiger partial charge >= 0.3 is 6.18 Å². The molecule has 0 fully saturated rings. The van der Waals surface area contributed by atoms with Crippen LogP contribution in [0.15, 0.2) is 71.8 Å². The van der Waals surface area contributed by atoms with Crippen molar-refractivity contribution in [3.8, 4) is 11.1 Å². The highest BCUT2D eigenvalue weighted by Crippen LogP contribution is 2.34. The molecule has 8 heteroatoms. The predicted molar refractivity (Wildman–Crippen MR) is 97.7 cm³/mol. The van der Waals surface area contributed by atoms with Crippen molar-refractivity contribution in [1.29, 1.82) is 0 Å². The van der Waals surface area contributed by atoms with E-state index in [-0.39, 0.29) is 21.7 Å². The summed E-state index contributed by atoms with van der Waals surface area (Å²) >= 11 is 0. The van der Waals surface area contributed by atoms with Crippen LogP contribution in [0.5, 0.6) is 0 Å². The summed E-state index contributed by atoms with van der Waals surface area (Å²) in [7, 11) is -3.43. The number of sulfone groups is 1. The average molecular weight is 405 g/mol. The molecule has 0 aliphatic carbocycles. The number of rotatable bonds is 4. The lowest BCUT2D eigenvalue weighted by molar-refractivity contribution is -0.137. The molecular weight excluding hydrogens is 391 g/mol. The minimum absolute atomic E-state index is 0.0280. The summed E-state index contributed by atoms with van der Waals surface area (Å²) in [6.45, 7) is 0. The van der Waals surface area contributed by atoms with Gasteiger partial charge in [0.05, 0.1) is 10.5 Å². The molecule has 0 atom stereocenters. The second-order valence-corrected chi connectivity index (χ2v) is 8.15. The molecule has 2 aromatic carbocycles. The Balaban J connectivity index is 2.12. The largest absolute Gasteiger partial charge is 0.416 e. The van der Waals surface area contributed by atoms with Gasteiger partial charge in [0.15, 0.2) is 9.84 Å². The van der Waals surface area contributed by atoms with E-state index in [0.29, 0.717) is 5.56 Å². The molecule has 3 rings (SSSR count). The first-order valence-corrected chi connectivity index (χ1v) is 9.93. The summed E-state index contributed by atoms with van der Waals surface area (Å²) in [6, 6.07) is 13.1. The standard InChI is InChI=1S/C20H14F3NO3S/c1-28(26,27)17-7-5-13(6-8-17)14-10-15(12-16(11-14)20(21,22)23)19(25)18-4-2-3-9-24-18/h2-12H,1H3. The van der Waals surface area contributed by atoms with Crippen LogP contribution in [0.1, 0.15) is 21.6 Å². The van der Waals surface area contributed by atoms with E-state index in [1.165, 1.54) is 42.6 Å². The molecule has 0 aliphatic heterocycles. The van der Waals surface area contributed by atoms with Crippen LogP contribution in [0.2, 0.25) is 0 Å². The first-order valence-electron chi connectivity index (χ1n) is 8.04. The van der Waals surface area contributed by atoms with E-state index in [9.17, 15) is 26.4 Å².